The number of aromatic nitrogens is 3. The van der Waals surface area contributed by atoms with Gasteiger partial charge in [0.1, 0.15) is 20.2 Å². The van der Waals surface area contributed by atoms with Gasteiger partial charge in [0.25, 0.3) is 5.16 Å². The van der Waals surface area contributed by atoms with Gasteiger partial charge in [-0.05, 0) is 41.9 Å². The summed E-state index contributed by atoms with van der Waals surface area (Å²) in [5.41, 5.74) is 0.515. The Labute approximate surface area is 306 Å². The summed E-state index contributed by atoms with van der Waals surface area (Å²) in [6.07, 6.45) is 0. The van der Waals surface area contributed by atoms with Gasteiger partial charge in [0, 0.05) is 27.2 Å². The summed E-state index contributed by atoms with van der Waals surface area (Å²) >= 11 is 5.93. The summed E-state index contributed by atoms with van der Waals surface area (Å²) in [7, 11) is -13.9. The normalized spacial score (nSPS) is 12.2. The molecular formula is C25H17ClN6Na2O8S3. The van der Waals surface area contributed by atoms with Crippen LogP contribution in [-0.2, 0) is 30.1 Å². The van der Waals surface area contributed by atoms with Gasteiger partial charge in [0.05, 0.1) is 26.9 Å². The molecule has 1 aromatic heterocycles. The maximum atomic E-state index is 12.3. The summed E-state index contributed by atoms with van der Waals surface area (Å²) in [4.78, 5) is 10.1. The van der Waals surface area contributed by atoms with Gasteiger partial charge in [-0.15, -0.1) is 5.11 Å². The van der Waals surface area contributed by atoms with Crippen LogP contribution in [0.25, 0.3) is 21.5 Å². The van der Waals surface area contributed by atoms with Crippen LogP contribution in [0.5, 0.6) is 0 Å². The van der Waals surface area contributed by atoms with Crippen molar-refractivity contribution in [2.24, 2.45) is 10.2 Å². The van der Waals surface area contributed by atoms with Crippen LogP contribution in [0.2, 0.25) is 5.28 Å². The molecular weight excluding hydrogens is 690 g/mol. The number of fused-ring (bicyclic) bond motifs is 2. The third kappa shape index (κ3) is 8.24. The number of nitrogens with one attached hydrogen (secondary N) is 1. The molecule has 20 heteroatoms. The Morgan fingerprint density at radius 2 is 1.38 bits per heavy atom. The number of sulfone groups is 1. The van der Waals surface area contributed by atoms with Crippen LogP contribution in [0.3, 0.4) is 0 Å². The van der Waals surface area contributed by atoms with Gasteiger partial charge in [0.2, 0.25) is 21.1 Å². The molecule has 0 aliphatic heterocycles. The van der Waals surface area contributed by atoms with Crippen LogP contribution in [0.4, 0.5) is 23.0 Å². The maximum absolute atomic E-state index is 12.3. The SMILES string of the molecule is CCS(=O)(=O)c1nc(Cl)nc(Nc2ccc(N=Nc3cc(S(=O)(=O)[O-])c4cccc(S(=O)(=O)[O-])c4c3)c3ccccc23)n1.[Na+].[Na+]. The average molecular weight is 707 g/mol. The fourth-order valence-electron chi connectivity index (χ4n) is 4.16. The Balaban J connectivity index is 0.00000276. The Hall–Kier alpha value is -2.13. The summed E-state index contributed by atoms with van der Waals surface area (Å²) < 4.78 is 96.0. The quantitative estimate of drug-likeness (QED) is 0.112. The number of nitrogens with zero attached hydrogens (tertiary/aromatic N) is 5. The van der Waals surface area contributed by atoms with Gasteiger partial charge in [-0.25, -0.2) is 25.3 Å². The molecule has 0 unspecified atom stereocenters. The Morgan fingerprint density at radius 1 is 0.733 bits per heavy atom. The molecule has 4 aromatic carbocycles. The summed E-state index contributed by atoms with van der Waals surface area (Å²) in [6, 6.07) is 15.4. The van der Waals surface area contributed by atoms with Crippen LogP contribution in [0, 0.1) is 0 Å². The number of anilines is 2. The van der Waals surface area contributed by atoms with Crippen molar-refractivity contribution in [2.75, 3.05) is 11.1 Å². The van der Waals surface area contributed by atoms with E-state index in [0.29, 0.717) is 16.5 Å². The summed E-state index contributed by atoms with van der Waals surface area (Å²) in [6.45, 7) is 1.43. The Kier molecular flexibility index (Phi) is 11.9. The smallest absolute Gasteiger partial charge is 0.744 e. The number of rotatable bonds is 8. The molecule has 5 aromatic rings. The molecule has 0 saturated heterocycles. The van der Waals surface area contributed by atoms with E-state index in [1.165, 1.54) is 19.1 Å². The molecule has 0 radical (unpaired) electrons. The van der Waals surface area contributed by atoms with Gasteiger partial charge in [-0.3, -0.25) is 0 Å². The van der Waals surface area contributed by atoms with Crippen LogP contribution < -0.4 is 64.4 Å². The molecule has 1 N–H and O–H groups in total. The van der Waals surface area contributed by atoms with E-state index < -0.39 is 45.0 Å². The van der Waals surface area contributed by atoms with E-state index in [2.05, 4.69) is 30.5 Å². The molecule has 0 aliphatic rings. The fraction of sp³-hybridized carbons (Fsp3) is 0.0800. The first-order valence-corrected chi connectivity index (χ1v) is 16.9. The van der Waals surface area contributed by atoms with E-state index in [1.807, 2.05) is 0 Å². The molecule has 1 heterocycles. The molecule has 0 bridgehead atoms. The second-order valence-electron chi connectivity index (χ2n) is 8.82. The molecule has 5 rings (SSSR count). The number of hydrogen-bond donors (Lipinski definition) is 1. The van der Waals surface area contributed by atoms with E-state index >= 15 is 0 Å². The molecule has 222 valence electrons. The van der Waals surface area contributed by atoms with Crippen molar-refractivity contribution < 1.29 is 93.5 Å². The molecule has 0 atom stereocenters. The van der Waals surface area contributed by atoms with Crippen LogP contribution >= 0.6 is 11.6 Å². The first kappa shape index (κ1) is 37.3. The zero-order chi connectivity index (χ0) is 31.2. The zero-order valence-electron chi connectivity index (χ0n) is 23.7. The van der Waals surface area contributed by atoms with Crippen molar-refractivity contribution in [1.82, 2.24) is 15.0 Å². The number of hydrogen-bond acceptors (Lipinski definition) is 14. The van der Waals surface area contributed by atoms with Gasteiger partial charge >= 0.3 is 59.1 Å². The van der Waals surface area contributed by atoms with Crippen molar-refractivity contribution >= 4 is 86.2 Å². The second kappa shape index (κ2) is 14.3. The van der Waals surface area contributed by atoms with Gasteiger partial charge in [0.15, 0.2) is 0 Å². The second-order valence-corrected chi connectivity index (χ2v) is 14.0. The largest absolute Gasteiger partial charge is 1.00 e. The summed E-state index contributed by atoms with van der Waals surface area (Å²) in [5, 5.41) is 10.9. The van der Waals surface area contributed by atoms with Crippen molar-refractivity contribution in [3.05, 3.63) is 72.0 Å². The van der Waals surface area contributed by atoms with Crippen molar-refractivity contribution in [1.29, 1.82) is 0 Å². The molecule has 14 nitrogen and oxygen atoms in total. The van der Waals surface area contributed by atoms with E-state index in [4.69, 9.17) is 11.6 Å². The monoisotopic (exact) mass is 706 g/mol. The first-order chi connectivity index (χ1) is 20.2. The molecule has 45 heavy (non-hydrogen) atoms. The molecule has 0 saturated carbocycles. The molecule has 0 fully saturated rings. The van der Waals surface area contributed by atoms with Crippen LogP contribution in [-0.4, -0.2) is 55.1 Å². The topological polar surface area (TPSA) is 224 Å². The first-order valence-electron chi connectivity index (χ1n) is 12.0. The van der Waals surface area contributed by atoms with E-state index in [-0.39, 0.29) is 98.2 Å². The predicted octanol–water partition coefficient (Wildman–Crippen LogP) is -1.40. The third-order valence-corrected chi connectivity index (χ3v) is 9.55. The van der Waals surface area contributed by atoms with Crippen molar-refractivity contribution in [3.63, 3.8) is 0 Å². The van der Waals surface area contributed by atoms with Gasteiger partial charge in [-0.1, -0.05) is 43.3 Å². The van der Waals surface area contributed by atoms with E-state index in [9.17, 15) is 34.4 Å². The standard InChI is InChI=1S/C25H19ClN6O8S3.2Na/c1-2-41(33,34)25-29-23(26)28-24(30-25)27-19-10-11-20(16-7-4-3-6-15(16)19)32-31-14-12-18-17(22(13-14)43(38,39)40)8-5-9-21(18)42(35,36)37;;/h3-13H,2H2,1H3,(H,35,36,37)(H,38,39,40)(H,27,28,29,30);;/q;2*+1/p-2. The van der Waals surface area contributed by atoms with Crippen LogP contribution in [0.1, 0.15) is 6.92 Å². The maximum Gasteiger partial charge on any atom is 1.00 e. The number of halogens is 1. The van der Waals surface area contributed by atoms with Crippen LogP contribution in [0.15, 0.2) is 91.9 Å². The van der Waals surface area contributed by atoms with Crippen molar-refractivity contribution in [2.45, 2.75) is 21.9 Å². The number of benzene rings is 4. The fourth-order valence-corrected chi connectivity index (χ4v) is 6.47. The molecule has 0 spiro atoms. The van der Waals surface area contributed by atoms with Gasteiger partial charge < -0.3 is 14.4 Å². The van der Waals surface area contributed by atoms with E-state index in [0.717, 1.165) is 24.3 Å². The minimum absolute atomic E-state index is 0. The Bertz CT molecular complexity index is 2310. The minimum Gasteiger partial charge on any atom is -0.744 e. The minimum atomic E-state index is -5.10. The van der Waals surface area contributed by atoms with Gasteiger partial charge in [-0.2, -0.15) is 20.1 Å². The predicted molar refractivity (Wildman–Crippen MR) is 154 cm³/mol. The third-order valence-electron chi connectivity index (χ3n) is 6.11. The van der Waals surface area contributed by atoms with E-state index in [1.54, 1.807) is 30.3 Å². The number of azo groups is 1. The zero-order valence-corrected chi connectivity index (χ0v) is 30.9. The molecule has 0 amide bonds. The Morgan fingerprint density at radius 3 is 2.02 bits per heavy atom. The van der Waals surface area contributed by atoms with Crippen molar-refractivity contribution in [3.8, 4) is 0 Å². The average Bonchev–Trinajstić information content (AvgIpc) is 2.94. The summed E-state index contributed by atoms with van der Waals surface area (Å²) in [5.74, 6) is -0.374. The molecule has 0 aliphatic carbocycles.